The standard InChI is InChI=1S/C13H22ClNO3/c1-2-3-4-10-18-13(17)11-6-5-9-15(11)12(16)7-8-14/h11H,2-10H2,1H3. The zero-order valence-corrected chi connectivity index (χ0v) is 11.7. The Morgan fingerprint density at radius 2 is 2.17 bits per heavy atom. The van der Waals surface area contributed by atoms with Crippen molar-refractivity contribution in [2.75, 3.05) is 19.0 Å². The molecule has 0 spiro atoms. The van der Waals surface area contributed by atoms with Crippen LogP contribution in [0.3, 0.4) is 0 Å². The number of carbonyl (C=O) groups is 2. The van der Waals surface area contributed by atoms with E-state index in [-0.39, 0.29) is 17.9 Å². The summed E-state index contributed by atoms with van der Waals surface area (Å²) in [5.74, 6) is -0.00215. The smallest absolute Gasteiger partial charge is 0.328 e. The first-order chi connectivity index (χ1) is 8.70. The van der Waals surface area contributed by atoms with E-state index < -0.39 is 0 Å². The molecule has 1 rings (SSSR count). The topological polar surface area (TPSA) is 46.6 Å². The summed E-state index contributed by atoms with van der Waals surface area (Å²) in [7, 11) is 0. The quantitative estimate of drug-likeness (QED) is 0.407. The lowest BCUT2D eigenvalue weighted by Gasteiger charge is -2.23. The van der Waals surface area contributed by atoms with Crippen LogP contribution in [0.15, 0.2) is 0 Å². The van der Waals surface area contributed by atoms with Crippen molar-refractivity contribution in [2.24, 2.45) is 0 Å². The number of amides is 1. The van der Waals surface area contributed by atoms with Crippen molar-refractivity contribution in [1.82, 2.24) is 4.90 Å². The van der Waals surface area contributed by atoms with Crippen LogP contribution in [0, 0.1) is 0 Å². The molecule has 5 heteroatoms. The highest BCUT2D eigenvalue weighted by Gasteiger charge is 2.34. The van der Waals surface area contributed by atoms with Crippen molar-refractivity contribution < 1.29 is 14.3 Å². The predicted octanol–water partition coefficient (Wildman–Crippen LogP) is 2.34. The minimum Gasteiger partial charge on any atom is -0.464 e. The molecule has 1 saturated heterocycles. The van der Waals surface area contributed by atoms with Gasteiger partial charge in [0.05, 0.1) is 6.61 Å². The van der Waals surface area contributed by atoms with Crippen LogP contribution in [0.25, 0.3) is 0 Å². The molecule has 0 radical (unpaired) electrons. The first-order valence-corrected chi connectivity index (χ1v) is 7.26. The fraction of sp³-hybridized carbons (Fsp3) is 0.846. The van der Waals surface area contributed by atoms with Gasteiger partial charge < -0.3 is 9.64 Å². The number of esters is 1. The normalized spacial score (nSPS) is 19.0. The highest BCUT2D eigenvalue weighted by atomic mass is 35.5. The molecule has 4 nitrogen and oxygen atoms in total. The van der Waals surface area contributed by atoms with Crippen molar-refractivity contribution in [2.45, 2.75) is 51.5 Å². The van der Waals surface area contributed by atoms with Gasteiger partial charge in [-0.05, 0) is 19.3 Å². The summed E-state index contributed by atoms with van der Waals surface area (Å²) in [5, 5.41) is 0. The first-order valence-electron chi connectivity index (χ1n) is 6.72. The fourth-order valence-corrected chi connectivity index (χ4v) is 2.32. The summed E-state index contributed by atoms with van der Waals surface area (Å²) >= 11 is 5.56. The fourth-order valence-electron chi connectivity index (χ4n) is 2.16. The molecule has 1 fully saturated rings. The van der Waals surface area contributed by atoms with Gasteiger partial charge in [0.1, 0.15) is 6.04 Å². The lowest BCUT2D eigenvalue weighted by Crippen LogP contribution is -2.41. The van der Waals surface area contributed by atoms with Crippen molar-refractivity contribution in [3.8, 4) is 0 Å². The summed E-state index contributed by atoms with van der Waals surface area (Å²) in [4.78, 5) is 25.3. The maximum absolute atomic E-state index is 11.9. The number of halogens is 1. The molecule has 1 heterocycles. The highest BCUT2D eigenvalue weighted by Crippen LogP contribution is 2.19. The van der Waals surface area contributed by atoms with Gasteiger partial charge >= 0.3 is 5.97 Å². The maximum atomic E-state index is 11.9. The Bertz CT molecular complexity index is 283. The van der Waals surface area contributed by atoms with E-state index >= 15 is 0 Å². The predicted molar refractivity (Wildman–Crippen MR) is 70.6 cm³/mol. The molecule has 0 saturated carbocycles. The van der Waals surface area contributed by atoms with Crippen LogP contribution in [0.1, 0.15) is 45.4 Å². The molecule has 1 aliphatic rings. The van der Waals surface area contributed by atoms with E-state index in [2.05, 4.69) is 6.92 Å². The monoisotopic (exact) mass is 275 g/mol. The summed E-state index contributed by atoms with van der Waals surface area (Å²) in [6.45, 7) is 3.20. The Kier molecular flexibility index (Phi) is 7.09. The maximum Gasteiger partial charge on any atom is 0.328 e. The number of hydrogen-bond donors (Lipinski definition) is 0. The molecule has 1 unspecified atom stereocenters. The molecule has 104 valence electrons. The van der Waals surface area contributed by atoms with Crippen LogP contribution in [0.4, 0.5) is 0 Å². The van der Waals surface area contributed by atoms with Gasteiger partial charge in [-0.1, -0.05) is 19.8 Å². The lowest BCUT2D eigenvalue weighted by molar-refractivity contribution is -0.153. The molecule has 1 amide bonds. The van der Waals surface area contributed by atoms with E-state index in [0.29, 0.717) is 31.9 Å². The minimum absolute atomic E-state index is 0.0435. The molecule has 0 aromatic rings. The summed E-state index contributed by atoms with van der Waals surface area (Å²) in [5.41, 5.74) is 0. The second-order valence-corrected chi connectivity index (χ2v) is 4.94. The molecule has 0 aliphatic carbocycles. The molecule has 0 bridgehead atoms. The number of alkyl halides is 1. The zero-order valence-electron chi connectivity index (χ0n) is 11.0. The van der Waals surface area contributed by atoms with Crippen molar-refractivity contribution in [1.29, 1.82) is 0 Å². The van der Waals surface area contributed by atoms with Gasteiger partial charge in [0.2, 0.25) is 5.91 Å². The Hall–Kier alpha value is -0.770. The van der Waals surface area contributed by atoms with Crippen LogP contribution in [-0.2, 0) is 14.3 Å². The van der Waals surface area contributed by atoms with Gasteiger partial charge in [0, 0.05) is 18.8 Å². The van der Waals surface area contributed by atoms with E-state index in [0.717, 1.165) is 25.7 Å². The minimum atomic E-state index is -0.387. The third kappa shape index (κ3) is 4.48. The number of hydrogen-bond acceptors (Lipinski definition) is 3. The number of ether oxygens (including phenoxy) is 1. The molecule has 18 heavy (non-hydrogen) atoms. The molecule has 0 aromatic carbocycles. The van der Waals surface area contributed by atoms with Gasteiger partial charge in [-0.3, -0.25) is 4.79 Å². The van der Waals surface area contributed by atoms with Gasteiger partial charge in [-0.2, -0.15) is 0 Å². The summed E-state index contributed by atoms with van der Waals surface area (Å²) < 4.78 is 5.22. The Balaban J connectivity index is 2.38. The van der Waals surface area contributed by atoms with Crippen LogP contribution in [0.5, 0.6) is 0 Å². The van der Waals surface area contributed by atoms with Crippen LogP contribution < -0.4 is 0 Å². The molecule has 1 aliphatic heterocycles. The zero-order chi connectivity index (χ0) is 13.4. The average molecular weight is 276 g/mol. The van der Waals surface area contributed by atoms with E-state index in [1.165, 1.54) is 0 Å². The molecular formula is C13H22ClNO3. The van der Waals surface area contributed by atoms with Gasteiger partial charge in [-0.25, -0.2) is 4.79 Å². The number of unbranched alkanes of at least 4 members (excludes halogenated alkanes) is 2. The molecule has 1 atom stereocenters. The molecule has 0 aromatic heterocycles. The highest BCUT2D eigenvalue weighted by molar-refractivity contribution is 6.18. The van der Waals surface area contributed by atoms with Crippen molar-refractivity contribution in [3.05, 3.63) is 0 Å². The number of carbonyl (C=O) groups excluding carboxylic acids is 2. The lowest BCUT2D eigenvalue weighted by atomic mass is 10.2. The van der Waals surface area contributed by atoms with Gasteiger partial charge in [0.25, 0.3) is 0 Å². The van der Waals surface area contributed by atoms with Crippen LogP contribution in [-0.4, -0.2) is 41.8 Å². The second-order valence-electron chi connectivity index (χ2n) is 4.56. The van der Waals surface area contributed by atoms with Crippen LogP contribution >= 0.6 is 11.6 Å². The Morgan fingerprint density at radius 1 is 1.39 bits per heavy atom. The molecule has 0 N–H and O–H groups in total. The SMILES string of the molecule is CCCCCOC(=O)C1CCCN1C(=O)CCCl. The first kappa shape index (κ1) is 15.3. The van der Waals surface area contributed by atoms with Crippen LogP contribution in [0.2, 0.25) is 0 Å². The van der Waals surface area contributed by atoms with Gasteiger partial charge in [0.15, 0.2) is 0 Å². The van der Waals surface area contributed by atoms with E-state index in [1.807, 2.05) is 0 Å². The third-order valence-corrected chi connectivity index (χ3v) is 3.33. The average Bonchev–Trinajstić information content (AvgIpc) is 2.84. The largest absolute Gasteiger partial charge is 0.464 e. The number of rotatable bonds is 7. The Labute approximate surface area is 114 Å². The van der Waals surface area contributed by atoms with Crippen molar-refractivity contribution in [3.63, 3.8) is 0 Å². The number of nitrogens with zero attached hydrogens (tertiary/aromatic N) is 1. The van der Waals surface area contributed by atoms with E-state index in [1.54, 1.807) is 4.90 Å². The Morgan fingerprint density at radius 3 is 2.83 bits per heavy atom. The summed E-state index contributed by atoms with van der Waals surface area (Å²) in [6, 6.07) is -0.387. The van der Waals surface area contributed by atoms with Gasteiger partial charge in [-0.15, -0.1) is 11.6 Å². The van der Waals surface area contributed by atoms with Crippen molar-refractivity contribution >= 4 is 23.5 Å². The number of likely N-dealkylation sites (tertiary alicyclic amines) is 1. The molecular weight excluding hydrogens is 254 g/mol. The van der Waals surface area contributed by atoms with E-state index in [4.69, 9.17) is 16.3 Å². The summed E-state index contributed by atoms with van der Waals surface area (Å²) in [6.07, 6.45) is 4.92. The van der Waals surface area contributed by atoms with E-state index in [9.17, 15) is 9.59 Å². The second kappa shape index (κ2) is 8.35. The third-order valence-electron chi connectivity index (χ3n) is 3.15.